The minimum atomic E-state index is -0.532. The molecule has 33 heavy (non-hydrogen) atoms. The number of fused-ring (bicyclic) bond motifs is 3. The Kier molecular flexibility index (Phi) is 4.84. The molecule has 0 unspecified atom stereocenters. The second kappa shape index (κ2) is 8.01. The van der Waals surface area contributed by atoms with Crippen molar-refractivity contribution in [3.05, 3.63) is 78.1 Å². The number of H-pyrrole nitrogens is 1. The van der Waals surface area contributed by atoms with Gasteiger partial charge in [-0.25, -0.2) is 0 Å². The molecule has 7 nitrogen and oxygen atoms in total. The Morgan fingerprint density at radius 3 is 2.82 bits per heavy atom. The number of para-hydroxylation sites is 1. The molecule has 0 radical (unpaired) electrons. The van der Waals surface area contributed by atoms with Crippen LogP contribution in [0.4, 0.5) is 0 Å². The number of nitrogens with zero attached hydrogens (tertiary/aromatic N) is 2. The van der Waals surface area contributed by atoms with Gasteiger partial charge in [0.25, 0.3) is 0 Å². The van der Waals surface area contributed by atoms with Crippen molar-refractivity contribution in [3.63, 3.8) is 0 Å². The van der Waals surface area contributed by atoms with Crippen molar-refractivity contribution < 1.29 is 9.59 Å². The fourth-order valence-corrected chi connectivity index (χ4v) is 5.24. The van der Waals surface area contributed by atoms with Crippen molar-refractivity contribution in [3.8, 4) is 0 Å². The van der Waals surface area contributed by atoms with Gasteiger partial charge in [-0.05, 0) is 35.7 Å². The van der Waals surface area contributed by atoms with Crippen molar-refractivity contribution >= 4 is 33.6 Å². The smallest absolute Gasteiger partial charge is 0.246 e. The van der Waals surface area contributed by atoms with E-state index in [1.165, 1.54) is 5.56 Å². The number of hydrogen-bond acceptors (Lipinski definition) is 4. The predicted octanol–water partition coefficient (Wildman–Crippen LogP) is 2.52. The summed E-state index contributed by atoms with van der Waals surface area (Å²) < 4.78 is 0. The zero-order chi connectivity index (χ0) is 22.4. The van der Waals surface area contributed by atoms with Crippen molar-refractivity contribution in [1.29, 1.82) is 0 Å². The third-order valence-electron chi connectivity index (χ3n) is 6.92. The van der Waals surface area contributed by atoms with Gasteiger partial charge in [0.05, 0.1) is 5.52 Å². The number of carbonyl (C=O) groups excluding carboxylic acids is 2. The second-order valence-electron chi connectivity index (χ2n) is 8.93. The van der Waals surface area contributed by atoms with Crippen LogP contribution in [0.5, 0.6) is 0 Å². The molecule has 6 rings (SSSR count). The minimum absolute atomic E-state index is 0.00328. The van der Waals surface area contributed by atoms with Gasteiger partial charge in [-0.3, -0.25) is 14.6 Å². The van der Waals surface area contributed by atoms with Crippen LogP contribution >= 0.6 is 0 Å². The molecule has 4 heterocycles. The van der Waals surface area contributed by atoms with Gasteiger partial charge in [0.2, 0.25) is 11.8 Å². The van der Waals surface area contributed by atoms with Crippen LogP contribution in [0.3, 0.4) is 0 Å². The Labute approximate surface area is 191 Å². The lowest BCUT2D eigenvalue weighted by molar-refractivity contribution is -0.146. The van der Waals surface area contributed by atoms with Crippen molar-refractivity contribution in [2.75, 3.05) is 6.54 Å². The van der Waals surface area contributed by atoms with Gasteiger partial charge in [0.15, 0.2) is 0 Å². The van der Waals surface area contributed by atoms with E-state index in [1.807, 2.05) is 48.7 Å². The Balaban J connectivity index is 1.15. The van der Waals surface area contributed by atoms with Crippen LogP contribution in [0, 0.1) is 0 Å². The van der Waals surface area contributed by atoms with Crippen LogP contribution in [0.15, 0.2) is 67.0 Å². The number of amides is 2. The van der Waals surface area contributed by atoms with Crippen LogP contribution in [0.1, 0.15) is 17.5 Å². The molecule has 2 aliphatic heterocycles. The molecule has 2 aliphatic rings. The lowest BCUT2D eigenvalue weighted by Crippen LogP contribution is -2.61. The third-order valence-corrected chi connectivity index (χ3v) is 6.92. The molecule has 2 aromatic carbocycles. The molecule has 7 heteroatoms. The Morgan fingerprint density at radius 1 is 1.00 bits per heavy atom. The molecule has 3 atom stereocenters. The average Bonchev–Trinajstić information content (AvgIpc) is 3.46. The zero-order valence-electron chi connectivity index (χ0n) is 18.1. The number of pyridine rings is 1. The fourth-order valence-electron chi connectivity index (χ4n) is 5.24. The van der Waals surface area contributed by atoms with Gasteiger partial charge >= 0.3 is 0 Å². The number of aromatic nitrogens is 2. The summed E-state index contributed by atoms with van der Waals surface area (Å²) in [5, 5.41) is 8.76. The van der Waals surface area contributed by atoms with Gasteiger partial charge in [0.1, 0.15) is 12.1 Å². The van der Waals surface area contributed by atoms with Gasteiger partial charge in [-0.1, -0.05) is 36.4 Å². The maximum absolute atomic E-state index is 13.3. The topological polar surface area (TPSA) is 90.1 Å². The number of piperazine rings is 1. The van der Waals surface area contributed by atoms with E-state index in [1.54, 1.807) is 11.1 Å². The van der Waals surface area contributed by atoms with Gasteiger partial charge < -0.3 is 20.5 Å². The fraction of sp³-hybridized carbons (Fsp3) is 0.269. The van der Waals surface area contributed by atoms with E-state index in [-0.39, 0.29) is 17.9 Å². The highest BCUT2D eigenvalue weighted by Crippen LogP contribution is 2.26. The van der Waals surface area contributed by atoms with Crippen LogP contribution in [0.2, 0.25) is 0 Å². The number of benzene rings is 2. The van der Waals surface area contributed by atoms with E-state index in [4.69, 9.17) is 0 Å². The first-order valence-electron chi connectivity index (χ1n) is 11.4. The lowest BCUT2D eigenvalue weighted by atomic mass is 10.0. The number of carbonyl (C=O) groups is 2. The van der Waals surface area contributed by atoms with E-state index in [0.29, 0.717) is 25.9 Å². The SMILES string of the molecule is O=C1N[C@@H](Cc2c[nH]c3ccccc23)C(=O)N2C[C@@H](NCc3cccc4ncccc34)C[C@@H]12. The predicted molar refractivity (Wildman–Crippen MR) is 126 cm³/mol. The van der Waals surface area contributed by atoms with E-state index in [9.17, 15) is 9.59 Å². The summed E-state index contributed by atoms with van der Waals surface area (Å²) in [6, 6.07) is 17.3. The number of rotatable bonds is 5. The Bertz CT molecular complexity index is 1360. The highest BCUT2D eigenvalue weighted by molar-refractivity contribution is 5.98. The average molecular weight is 440 g/mol. The van der Waals surface area contributed by atoms with Crippen LogP contribution in [0.25, 0.3) is 21.8 Å². The summed E-state index contributed by atoms with van der Waals surface area (Å²) in [6.07, 6.45) is 4.84. The van der Waals surface area contributed by atoms with E-state index >= 15 is 0 Å². The molecule has 2 aromatic heterocycles. The van der Waals surface area contributed by atoms with Gasteiger partial charge in [0, 0.05) is 54.2 Å². The molecular weight excluding hydrogens is 414 g/mol. The molecule has 4 aromatic rings. The van der Waals surface area contributed by atoms with Crippen LogP contribution in [-0.4, -0.2) is 51.4 Å². The van der Waals surface area contributed by atoms with Crippen LogP contribution in [-0.2, 0) is 22.6 Å². The van der Waals surface area contributed by atoms with Crippen LogP contribution < -0.4 is 10.6 Å². The highest BCUT2D eigenvalue weighted by atomic mass is 16.2. The third kappa shape index (κ3) is 3.54. The maximum Gasteiger partial charge on any atom is 0.246 e. The molecule has 2 amide bonds. The van der Waals surface area contributed by atoms with E-state index < -0.39 is 12.1 Å². The summed E-state index contributed by atoms with van der Waals surface area (Å²) in [4.78, 5) is 35.6. The van der Waals surface area contributed by atoms with Crippen molar-refractivity contribution in [2.24, 2.45) is 0 Å². The quantitative estimate of drug-likeness (QED) is 0.446. The molecule has 0 saturated carbocycles. The molecule has 2 saturated heterocycles. The lowest BCUT2D eigenvalue weighted by Gasteiger charge is -2.34. The van der Waals surface area contributed by atoms with Gasteiger partial charge in [-0.2, -0.15) is 0 Å². The van der Waals surface area contributed by atoms with Gasteiger partial charge in [-0.15, -0.1) is 0 Å². The molecule has 2 fully saturated rings. The standard InChI is InChI=1S/C26H25N5O2/c32-25-24-12-18(28-13-16-5-3-9-21-19(16)7-4-10-27-21)15-31(24)26(33)23(30-25)11-17-14-29-22-8-2-1-6-20(17)22/h1-10,14,18,23-24,28-29H,11-13,15H2,(H,30,32)/t18-,23-,24-/m0/s1. The molecule has 166 valence electrons. The Morgan fingerprint density at radius 2 is 1.88 bits per heavy atom. The largest absolute Gasteiger partial charge is 0.361 e. The molecule has 0 bridgehead atoms. The summed E-state index contributed by atoms with van der Waals surface area (Å²) >= 11 is 0. The zero-order valence-corrected chi connectivity index (χ0v) is 18.1. The summed E-state index contributed by atoms with van der Waals surface area (Å²) in [7, 11) is 0. The minimum Gasteiger partial charge on any atom is -0.361 e. The van der Waals surface area contributed by atoms with Crippen molar-refractivity contribution in [2.45, 2.75) is 37.5 Å². The molecule has 3 N–H and O–H groups in total. The van der Waals surface area contributed by atoms with E-state index in [2.05, 4.69) is 32.7 Å². The highest BCUT2D eigenvalue weighted by Gasteiger charge is 2.46. The molecule has 0 spiro atoms. The number of aromatic amines is 1. The second-order valence-corrected chi connectivity index (χ2v) is 8.93. The molecule has 0 aliphatic carbocycles. The summed E-state index contributed by atoms with van der Waals surface area (Å²) in [5.74, 6) is -0.0540. The summed E-state index contributed by atoms with van der Waals surface area (Å²) in [5.41, 5.74) is 4.21. The Hall–Kier alpha value is -3.71. The normalized spacial score (nSPS) is 22.7. The monoisotopic (exact) mass is 439 g/mol. The number of hydrogen-bond donors (Lipinski definition) is 3. The first kappa shape index (κ1) is 19.9. The maximum atomic E-state index is 13.3. The summed E-state index contributed by atoms with van der Waals surface area (Å²) in [6.45, 7) is 1.22. The van der Waals surface area contributed by atoms with E-state index in [0.717, 1.165) is 27.4 Å². The number of nitrogens with one attached hydrogen (secondary N) is 3. The first-order chi connectivity index (χ1) is 16.2. The van der Waals surface area contributed by atoms with Crippen molar-refractivity contribution in [1.82, 2.24) is 25.5 Å². The molecular formula is C26H25N5O2. The first-order valence-corrected chi connectivity index (χ1v) is 11.4.